The molecule has 1 amide bonds. The minimum atomic E-state index is -0.433. The van der Waals surface area contributed by atoms with Gasteiger partial charge < -0.3 is 5.32 Å². The number of anilines is 2. The minimum Gasteiger partial charge on any atom is -0.359 e. The van der Waals surface area contributed by atoms with Crippen molar-refractivity contribution in [2.45, 2.75) is 6.17 Å². The van der Waals surface area contributed by atoms with Crippen LogP contribution >= 0.6 is 34.8 Å². The third-order valence-electron chi connectivity index (χ3n) is 4.31. The van der Waals surface area contributed by atoms with E-state index in [1.165, 1.54) is 0 Å². The second-order valence-electron chi connectivity index (χ2n) is 5.88. The molecule has 0 saturated heterocycles. The van der Waals surface area contributed by atoms with Crippen LogP contribution in [0.1, 0.15) is 22.1 Å². The van der Waals surface area contributed by atoms with Gasteiger partial charge in [-0.05, 0) is 42.5 Å². The normalized spacial score (nSPS) is 15.9. The Kier molecular flexibility index (Phi) is 4.53. The number of nitrogens with one attached hydrogen (secondary N) is 1. The van der Waals surface area contributed by atoms with Crippen molar-refractivity contribution in [3.05, 3.63) is 92.9 Å². The van der Waals surface area contributed by atoms with Crippen LogP contribution < -0.4 is 10.2 Å². The van der Waals surface area contributed by atoms with Crippen molar-refractivity contribution in [1.29, 1.82) is 0 Å². The third-order valence-corrected chi connectivity index (χ3v) is 5.19. The topological polar surface area (TPSA) is 32.3 Å². The molecule has 6 heteroatoms. The first-order chi connectivity index (χ1) is 12.6. The molecular formula is C20H13Cl3N2O. The molecule has 0 radical (unpaired) electrons. The number of carbonyl (C=O) groups excluding carboxylic acids is 1. The molecule has 0 bridgehead atoms. The van der Waals surface area contributed by atoms with Crippen molar-refractivity contribution in [2.75, 3.05) is 10.2 Å². The van der Waals surface area contributed by atoms with Gasteiger partial charge in [-0.1, -0.05) is 59.1 Å². The third kappa shape index (κ3) is 2.92. The largest absolute Gasteiger partial charge is 0.359 e. The lowest BCUT2D eigenvalue weighted by atomic mass is 10.1. The van der Waals surface area contributed by atoms with Gasteiger partial charge in [0.1, 0.15) is 6.17 Å². The average molecular weight is 404 g/mol. The van der Waals surface area contributed by atoms with Crippen LogP contribution in [-0.2, 0) is 0 Å². The summed E-state index contributed by atoms with van der Waals surface area (Å²) in [5.41, 5.74) is 2.83. The Bertz CT molecular complexity index is 968. The second-order valence-corrected chi connectivity index (χ2v) is 7.13. The van der Waals surface area contributed by atoms with Crippen molar-refractivity contribution in [1.82, 2.24) is 0 Å². The molecule has 1 unspecified atom stereocenters. The molecule has 130 valence electrons. The van der Waals surface area contributed by atoms with Crippen molar-refractivity contribution in [3.63, 3.8) is 0 Å². The van der Waals surface area contributed by atoms with Crippen molar-refractivity contribution in [2.24, 2.45) is 0 Å². The number of halogens is 3. The van der Waals surface area contributed by atoms with E-state index in [4.69, 9.17) is 34.8 Å². The molecule has 0 fully saturated rings. The number of hydrogen-bond acceptors (Lipinski definition) is 2. The Labute approximate surface area is 166 Å². The molecule has 3 nitrogen and oxygen atoms in total. The maximum absolute atomic E-state index is 13.0. The minimum absolute atomic E-state index is 0.0939. The fourth-order valence-electron chi connectivity index (χ4n) is 3.10. The number of benzene rings is 3. The zero-order chi connectivity index (χ0) is 18.3. The summed E-state index contributed by atoms with van der Waals surface area (Å²) in [6.07, 6.45) is -0.433. The van der Waals surface area contributed by atoms with E-state index in [0.717, 1.165) is 11.3 Å². The molecule has 26 heavy (non-hydrogen) atoms. The molecular weight excluding hydrogens is 391 g/mol. The fourth-order valence-corrected chi connectivity index (χ4v) is 3.73. The van der Waals surface area contributed by atoms with Crippen molar-refractivity contribution in [3.8, 4) is 0 Å². The molecule has 1 heterocycles. The summed E-state index contributed by atoms with van der Waals surface area (Å²) < 4.78 is 0. The molecule has 1 aliphatic heterocycles. The van der Waals surface area contributed by atoms with E-state index in [0.29, 0.717) is 26.3 Å². The highest BCUT2D eigenvalue weighted by Gasteiger charge is 2.38. The zero-order valence-corrected chi connectivity index (χ0v) is 15.7. The van der Waals surface area contributed by atoms with Gasteiger partial charge in [0.15, 0.2) is 0 Å². The quantitative estimate of drug-likeness (QED) is 0.547. The Morgan fingerprint density at radius 3 is 2.15 bits per heavy atom. The van der Waals surface area contributed by atoms with E-state index in [9.17, 15) is 4.79 Å². The molecule has 1 aliphatic rings. The van der Waals surface area contributed by atoms with Gasteiger partial charge in [0.2, 0.25) is 0 Å². The van der Waals surface area contributed by atoms with Gasteiger partial charge >= 0.3 is 0 Å². The highest BCUT2D eigenvalue weighted by molar-refractivity contribution is 6.39. The number of nitrogens with zero attached hydrogens (tertiary/aromatic N) is 1. The van der Waals surface area contributed by atoms with Gasteiger partial charge in [-0.15, -0.1) is 0 Å². The molecule has 0 aliphatic carbocycles. The molecule has 0 saturated carbocycles. The fraction of sp³-hybridized carbons (Fsp3) is 0.0500. The smallest absolute Gasteiger partial charge is 0.260 e. The second kappa shape index (κ2) is 6.84. The lowest BCUT2D eigenvalue weighted by Gasteiger charge is -2.28. The highest BCUT2D eigenvalue weighted by atomic mass is 35.5. The van der Waals surface area contributed by atoms with Gasteiger partial charge in [-0.25, -0.2) is 0 Å². The van der Waals surface area contributed by atoms with E-state index in [2.05, 4.69) is 5.32 Å². The summed E-state index contributed by atoms with van der Waals surface area (Å²) in [4.78, 5) is 14.7. The van der Waals surface area contributed by atoms with E-state index in [1.54, 1.807) is 35.2 Å². The summed E-state index contributed by atoms with van der Waals surface area (Å²) in [5, 5.41) is 4.93. The summed E-state index contributed by atoms with van der Waals surface area (Å²) in [6, 6.07) is 19.9. The molecule has 4 rings (SSSR count). The summed E-state index contributed by atoms with van der Waals surface area (Å²) in [7, 11) is 0. The van der Waals surface area contributed by atoms with Crippen LogP contribution in [0, 0.1) is 0 Å². The zero-order valence-electron chi connectivity index (χ0n) is 13.4. The molecule has 3 aromatic rings. The summed E-state index contributed by atoms with van der Waals surface area (Å²) in [5.74, 6) is -0.0939. The summed E-state index contributed by atoms with van der Waals surface area (Å²) in [6.45, 7) is 0. The number of rotatable bonds is 3. The van der Waals surface area contributed by atoms with Crippen molar-refractivity contribution < 1.29 is 4.79 Å². The monoisotopic (exact) mass is 402 g/mol. The molecule has 0 spiro atoms. The van der Waals surface area contributed by atoms with Gasteiger partial charge in [-0.3, -0.25) is 9.69 Å². The van der Waals surface area contributed by atoms with Gasteiger partial charge in [0.05, 0.1) is 15.7 Å². The Morgan fingerprint density at radius 1 is 0.808 bits per heavy atom. The SMILES string of the molecule is O=C1c2ccccc2C(Nc2c(Cl)cccc2Cl)N1c1ccc(Cl)cc1. The van der Waals surface area contributed by atoms with E-state index in [-0.39, 0.29) is 5.91 Å². The lowest BCUT2D eigenvalue weighted by molar-refractivity contribution is 0.0993. The maximum Gasteiger partial charge on any atom is 0.260 e. The van der Waals surface area contributed by atoms with E-state index < -0.39 is 6.17 Å². The van der Waals surface area contributed by atoms with Crippen LogP contribution in [0.2, 0.25) is 15.1 Å². The first-order valence-corrected chi connectivity index (χ1v) is 9.08. The van der Waals surface area contributed by atoms with Crippen LogP contribution in [-0.4, -0.2) is 5.91 Å². The number of amides is 1. The van der Waals surface area contributed by atoms with E-state index >= 15 is 0 Å². The Morgan fingerprint density at radius 2 is 1.46 bits per heavy atom. The van der Waals surface area contributed by atoms with Crippen LogP contribution in [0.25, 0.3) is 0 Å². The number of fused-ring (bicyclic) bond motifs is 1. The first kappa shape index (κ1) is 17.2. The van der Waals surface area contributed by atoms with Crippen LogP contribution in [0.3, 0.4) is 0 Å². The maximum atomic E-state index is 13.0. The highest BCUT2D eigenvalue weighted by Crippen LogP contribution is 2.41. The van der Waals surface area contributed by atoms with Crippen LogP contribution in [0.4, 0.5) is 11.4 Å². The molecule has 3 aromatic carbocycles. The predicted molar refractivity (Wildman–Crippen MR) is 108 cm³/mol. The van der Waals surface area contributed by atoms with Gasteiger partial charge in [0.25, 0.3) is 5.91 Å². The Balaban J connectivity index is 1.82. The standard InChI is InChI=1S/C20H13Cl3N2O/c21-12-8-10-13(11-9-12)25-19(14-4-1-2-5-15(14)20(25)26)24-18-16(22)6-3-7-17(18)23/h1-11,19,24H. The average Bonchev–Trinajstić information content (AvgIpc) is 2.92. The lowest BCUT2D eigenvalue weighted by Crippen LogP contribution is -2.32. The van der Waals surface area contributed by atoms with E-state index in [1.807, 2.05) is 36.4 Å². The van der Waals surface area contributed by atoms with Crippen LogP contribution in [0.5, 0.6) is 0 Å². The number of carbonyl (C=O) groups is 1. The van der Waals surface area contributed by atoms with Crippen LogP contribution in [0.15, 0.2) is 66.7 Å². The predicted octanol–water partition coefficient (Wildman–Crippen LogP) is 6.42. The summed E-state index contributed by atoms with van der Waals surface area (Å²) >= 11 is 18.6. The Hall–Kier alpha value is -2.20. The number of para-hydroxylation sites is 1. The van der Waals surface area contributed by atoms with Gasteiger partial charge in [0, 0.05) is 21.8 Å². The van der Waals surface area contributed by atoms with Gasteiger partial charge in [-0.2, -0.15) is 0 Å². The van der Waals surface area contributed by atoms with Crippen molar-refractivity contribution >= 4 is 52.1 Å². The first-order valence-electron chi connectivity index (χ1n) is 7.95. The molecule has 1 N–H and O–H groups in total. The number of hydrogen-bond donors (Lipinski definition) is 1. The molecule has 0 aromatic heterocycles. The molecule has 1 atom stereocenters.